The molecule has 0 bridgehead atoms. The molecule has 0 aliphatic carbocycles. The Hall–Kier alpha value is -0.540. The third kappa shape index (κ3) is 3.37. The molecule has 0 spiro atoms. The van der Waals surface area contributed by atoms with Gasteiger partial charge in [-0.15, -0.1) is 0 Å². The van der Waals surface area contributed by atoms with Gasteiger partial charge < -0.3 is 35.0 Å². The summed E-state index contributed by atoms with van der Waals surface area (Å²) in [5, 5.41) is 47.5. The molecule has 0 radical (unpaired) electrons. The molecule has 0 aromatic rings. The summed E-state index contributed by atoms with van der Waals surface area (Å²) in [6.45, 7) is -0.530. The molecule has 2 aliphatic rings. The van der Waals surface area contributed by atoms with Crippen molar-refractivity contribution in [2.75, 3.05) is 13.2 Å². The normalized spacial score (nSPS) is 45.5. The lowest BCUT2D eigenvalue weighted by atomic mass is 9.91. The molecule has 0 unspecified atom stereocenters. The van der Waals surface area contributed by atoms with Crippen molar-refractivity contribution in [2.45, 2.75) is 55.6 Å². The number of hydrogen-bond acceptors (Lipinski definition) is 7. The molecule has 5 N–H and O–H groups in total. The Morgan fingerprint density at radius 3 is 2.25 bits per heavy atom. The predicted molar refractivity (Wildman–Crippen MR) is 67.9 cm³/mol. The Kier molecular flexibility index (Phi) is 5.50. The molecule has 0 aromatic carbocycles. The summed E-state index contributed by atoms with van der Waals surface area (Å²) in [6.07, 6.45) is -1.65. The zero-order valence-electron chi connectivity index (χ0n) is 11.1. The van der Waals surface area contributed by atoms with E-state index < -0.39 is 37.1 Å². The van der Waals surface area contributed by atoms with Gasteiger partial charge >= 0.3 is 0 Å². The summed E-state index contributed by atoms with van der Waals surface area (Å²) in [5.41, 5.74) is 0. The first-order valence-corrected chi connectivity index (χ1v) is 6.80. The monoisotopic (exact) mass is 290 g/mol. The minimum Gasteiger partial charge on any atom is -0.394 e. The van der Waals surface area contributed by atoms with E-state index in [2.05, 4.69) is 0 Å². The minimum absolute atomic E-state index is 0.0878. The van der Waals surface area contributed by atoms with Crippen LogP contribution < -0.4 is 0 Å². The summed E-state index contributed by atoms with van der Waals surface area (Å²) < 4.78 is 11.0. The second kappa shape index (κ2) is 6.95. The quantitative estimate of drug-likeness (QED) is 0.377. The first-order chi connectivity index (χ1) is 9.56. The van der Waals surface area contributed by atoms with E-state index in [0.29, 0.717) is 6.42 Å². The van der Waals surface area contributed by atoms with Gasteiger partial charge in [0.05, 0.1) is 31.5 Å². The van der Waals surface area contributed by atoms with Crippen molar-refractivity contribution < 1.29 is 35.0 Å². The van der Waals surface area contributed by atoms with Crippen LogP contribution in [0.2, 0.25) is 0 Å². The Morgan fingerprint density at radius 1 is 0.900 bits per heavy atom. The maximum absolute atomic E-state index is 9.93. The number of aliphatic hydroxyl groups is 5. The molecule has 1 fully saturated rings. The first kappa shape index (κ1) is 15.8. The summed E-state index contributed by atoms with van der Waals surface area (Å²) in [4.78, 5) is 0. The summed E-state index contributed by atoms with van der Waals surface area (Å²) in [6, 6.07) is 0. The number of aliphatic hydroxyl groups excluding tert-OH is 5. The smallest absolute Gasteiger partial charge is 0.111 e. The van der Waals surface area contributed by atoms with Crippen LogP contribution in [0.1, 0.15) is 12.8 Å². The minimum atomic E-state index is -1.37. The molecular weight excluding hydrogens is 268 g/mol. The molecule has 1 saturated heterocycles. The molecule has 20 heavy (non-hydrogen) atoms. The van der Waals surface area contributed by atoms with Crippen molar-refractivity contribution in [3.8, 4) is 0 Å². The van der Waals surface area contributed by atoms with E-state index in [-0.39, 0.29) is 25.2 Å². The predicted octanol–water partition coefficient (Wildman–Crippen LogP) is -2.08. The Labute approximate surface area is 117 Å². The van der Waals surface area contributed by atoms with Gasteiger partial charge in [0.15, 0.2) is 0 Å². The molecule has 0 saturated carbocycles. The van der Waals surface area contributed by atoms with Gasteiger partial charge in [-0.1, -0.05) is 12.2 Å². The van der Waals surface area contributed by atoms with Crippen molar-refractivity contribution in [1.29, 1.82) is 0 Å². The highest BCUT2D eigenvalue weighted by atomic mass is 16.5. The molecule has 2 heterocycles. The van der Waals surface area contributed by atoms with Crippen molar-refractivity contribution in [3.05, 3.63) is 12.2 Å². The zero-order chi connectivity index (χ0) is 14.7. The topological polar surface area (TPSA) is 120 Å². The largest absolute Gasteiger partial charge is 0.394 e. The molecule has 7 heteroatoms. The average molecular weight is 290 g/mol. The van der Waals surface area contributed by atoms with E-state index >= 15 is 0 Å². The van der Waals surface area contributed by atoms with Crippen molar-refractivity contribution in [3.63, 3.8) is 0 Å². The van der Waals surface area contributed by atoms with Crippen LogP contribution in [0.15, 0.2) is 12.2 Å². The van der Waals surface area contributed by atoms with Gasteiger partial charge in [-0.3, -0.25) is 0 Å². The third-order valence-electron chi connectivity index (χ3n) is 3.78. The van der Waals surface area contributed by atoms with E-state index in [1.165, 1.54) is 0 Å². The van der Waals surface area contributed by atoms with Gasteiger partial charge in [-0.05, 0) is 6.42 Å². The van der Waals surface area contributed by atoms with Crippen molar-refractivity contribution >= 4 is 0 Å². The third-order valence-corrected chi connectivity index (χ3v) is 3.78. The lowest BCUT2D eigenvalue weighted by Crippen LogP contribution is -2.59. The first-order valence-electron chi connectivity index (χ1n) is 6.80. The van der Waals surface area contributed by atoms with Crippen LogP contribution in [0.25, 0.3) is 0 Å². The summed E-state index contributed by atoms with van der Waals surface area (Å²) >= 11 is 0. The molecule has 7 nitrogen and oxygen atoms in total. The molecular formula is C13H22O7. The van der Waals surface area contributed by atoms with Crippen LogP contribution in [0.3, 0.4) is 0 Å². The number of ether oxygens (including phenoxy) is 2. The van der Waals surface area contributed by atoms with E-state index in [9.17, 15) is 15.3 Å². The number of hydrogen-bond donors (Lipinski definition) is 5. The highest BCUT2D eigenvalue weighted by Gasteiger charge is 2.44. The fourth-order valence-corrected chi connectivity index (χ4v) is 2.58. The molecule has 0 amide bonds. The Bertz CT molecular complexity index is 333. The van der Waals surface area contributed by atoms with Gasteiger partial charge in [0.25, 0.3) is 0 Å². The van der Waals surface area contributed by atoms with Crippen LogP contribution in [-0.2, 0) is 9.47 Å². The van der Waals surface area contributed by atoms with E-state index in [1.54, 1.807) is 0 Å². The maximum Gasteiger partial charge on any atom is 0.111 e. The van der Waals surface area contributed by atoms with Crippen molar-refractivity contribution in [1.82, 2.24) is 0 Å². The Morgan fingerprint density at radius 2 is 1.60 bits per heavy atom. The summed E-state index contributed by atoms with van der Waals surface area (Å²) in [5.74, 6) is 0. The van der Waals surface area contributed by atoms with Gasteiger partial charge in [-0.25, -0.2) is 0 Å². The highest BCUT2D eigenvalue weighted by Crippen LogP contribution is 2.26. The lowest BCUT2D eigenvalue weighted by molar-refractivity contribution is -0.235. The van der Waals surface area contributed by atoms with Crippen LogP contribution in [0.4, 0.5) is 0 Å². The fraction of sp³-hybridized carbons (Fsp3) is 0.846. The lowest BCUT2D eigenvalue weighted by Gasteiger charge is -2.41. The molecule has 7 atom stereocenters. The average Bonchev–Trinajstić information content (AvgIpc) is 2.48. The standard InChI is InChI=1S/C13H22O7/c14-5-8-3-1-2-7(19-8)4-9-11(16)13(18)12(17)10(6-15)20-9/h1-2,7-18H,3-6H2/t7-,8-,9+,10+,11-,12+,13+/m0/s1. The molecule has 2 rings (SSSR count). The van der Waals surface area contributed by atoms with Crippen LogP contribution in [0, 0.1) is 0 Å². The van der Waals surface area contributed by atoms with Crippen LogP contribution >= 0.6 is 0 Å². The summed E-state index contributed by atoms with van der Waals surface area (Å²) in [7, 11) is 0. The van der Waals surface area contributed by atoms with Gasteiger partial charge in [-0.2, -0.15) is 0 Å². The Balaban J connectivity index is 1.97. The van der Waals surface area contributed by atoms with E-state index in [1.807, 2.05) is 12.2 Å². The molecule has 0 aromatic heterocycles. The van der Waals surface area contributed by atoms with Crippen LogP contribution in [0.5, 0.6) is 0 Å². The molecule has 2 aliphatic heterocycles. The van der Waals surface area contributed by atoms with E-state index in [0.717, 1.165) is 0 Å². The SMILES string of the molecule is OC[C@@H]1CC=C[C@@H](C[C@H]2O[C@H](CO)[C@@H](O)[C@H](O)[C@H]2O)O1. The second-order valence-electron chi connectivity index (χ2n) is 5.25. The maximum atomic E-state index is 9.93. The van der Waals surface area contributed by atoms with Gasteiger partial charge in [0, 0.05) is 6.42 Å². The highest BCUT2D eigenvalue weighted by molar-refractivity contribution is 5.00. The van der Waals surface area contributed by atoms with Crippen LogP contribution in [-0.4, -0.2) is 81.5 Å². The second-order valence-corrected chi connectivity index (χ2v) is 5.25. The van der Waals surface area contributed by atoms with Gasteiger partial charge in [0.1, 0.15) is 24.4 Å². The fourth-order valence-electron chi connectivity index (χ4n) is 2.58. The number of rotatable bonds is 4. The van der Waals surface area contributed by atoms with Crippen molar-refractivity contribution in [2.24, 2.45) is 0 Å². The molecule has 116 valence electrons. The van der Waals surface area contributed by atoms with E-state index in [4.69, 9.17) is 19.7 Å². The zero-order valence-corrected chi connectivity index (χ0v) is 11.1. The van der Waals surface area contributed by atoms with Gasteiger partial charge in [0.2, 0.25) is 0 Å².